The molecule has 2 atom stereocenters. The summed E-state index contributed by atoms with van der Waals surface area (Å²) in [6.45, 7) is 3.90. The number of carbonyl (C=O) groups is 3. The van der Waals surface area contributed by atoms with Crippen LogP contribution in [0, 0.1) is 12.8 Å². The highest BCUT2D eigenvalue weighted by Crippen LogP contribution is 2.19. The average Bonchev–Trinajstić information content (AvgIpc) is 2.97. The molecule has 0 aliphatic carbocycles. The topological polar surface area (TPSA) is 90.0 Å². The van der Waals surface area contributed by atoms with Crippen LogP contribution in [-0.2, 0) is 16.1 Å². The number of urea groups is 1. The van der Waals surface area contributed by atoms with E-state index in [9.17, 15) is 14.4 Å². The SMILES string of the molecule is Cc1ccc(CN2CCC(NC(=O)N3CCCC(C(=O)O)C3)C2=O)cc1. The van der Waals surface area contributed by atoms with Gasteiger partial charge in [0.15, 0.2) is 0 Å². The standard InChI is InChI=1S/C19H25N3O4/c1-13-4-6-14(7-5-13)11-21-10-8-16(17(21)23)20-19(26)22-9-2-3-15(12-22)18(24)25/h4-7,15-16H,2-3,8-12H2,1H3,(H,20,26)(H,24,25). The molecule has 2 aliphatic heterocycles. The monoisotopic (exact) mass is 359 g/mol. The van der Waals surface area contributed by atoms with E-state index in [2.05, 4.69) is 5.32 Å². The molecule has 0 spiro atoms. The molecule has 0 bridgehead atoms. The smallest absolute Gasteiger partial charge is 0.318 e. The predicted molar refractivity (Wildman–Crippen MR) is 95.5 cm³/mol. The maximum absolute atomic E-state index is 12.6. The molecule has 3 amide bonds. The minimum Gasteiger partial charge on any atom is -0.481 e. The first-order valence-electron chi connectivity index (χ1n) is 9.06. The molecule has 3 rings (SSSR count). The zero-order valence-corrected chi connectivity index (χ0v) is 15.0. The molecule has 0 radical (unpaired) electrons. The summed E-state index contributed by atoms with van der Waals surface area (Å²) in [5, 5.41) is 11.9. The van der Waals surface area contributed by atoms with Crippen LogP contribution in [-0.4, -0.2) is 58.5 Å². The molecule has 2 saturated heterocycles. The third-order valence-electron chi connectivity index (χ3n) is 5.15. The summed E-state index contributed by atoms with van der Waals surface area (Å²) in [7, 11) is 0. The molecule has 7 nitrogen and oxygen atoms in total. The summed E-state index contributed by atoms with van der Waals surface area (Å²) in [5.74, 6) is -1.47. The number of carboxylic acids is 1. The lowest BCUT2D eigenvalue weighted by Gasteiger charge is -2.31. The van der Waals surface area contributed by atoms with Crippen LogP contribution in [0.1, 0.15) is 30.4 Å². The molecule has 140 valence electrons. The van der Waals surface area contributed by atoms with Gasteiger partial charge in [0.1, 0.15) is 6.04 Å². The lowest BCUT2D eigenvalue weighted by Crippen LogP contribution is -2.51. The van der Waals surface area contributed by atoms with Gasteiger partial charge in [-0.25, -0.2) is 4.79 Å². The molecule has 26 heavy (non-hydrogen) atoms. The van der Waals surface area contributed by atoms with Crippen molar-refractivity contribution in [2.45, 2.75) is 38.8 Å². The Morgan fingerprint density at radius 2 is 1.92 bits per heavy atom. The minimum absolute atomic E-state index is 0.0780. The number of nitrogens with one attached hydrogen (secondary N) is 1. The molecule has 0 aromatic heterocycles. The Morgan fingerprint density at radius 3 is 2.62 bits per heavy atom. The van der Waals surface area contributed by atoms with Gasteiger partial charge in [0.25, 0.3) is 0 Å². The molecule has 2 aliphatic rings. The quantitative estimate of drug-likeness (QED) is 0.854. The van der Waals surface area contributed by atoms with E-state index in [4.69, 9.17) is 5.11 Å². The highest BCUT2D eigenvalue weighted by Gasteiger charge is 2.35. The minimum atomic E-state index is -0.872. The lowest BCUT2D eigenvalue weighted by molar-refractivity contribution is -0.143. The number of piperidine rings is 1. The third-order valence-corrected chi connectivity index (χ3v) is 5.15. The van der Waals surface area contributed by atoms with E-state index in [-0.39, 0.29) is 18.5 Å². The summed E-state index contributed by atoms with van der Waals surface area (Å²) < 4.78 is 0. The second kappa shape index (κ2) is 7.76. The Bertz CT molecular complexity index is 689. The molecule has 2 heterocycles. The summed E-state index contributed by atoms with van der Waals surface area (Å²) in [6, 6.07) is 7.18. The Labute approximate surface area is 153 Å². The van der Waals surface area contributed by atoms with Crippen LogP contribution in [0.15, 0.2) is 24.3 Å². The molecule has 1 aromatic rings. The van der Waals surface area contributed by atoms with Crippen molar-refractivity contribution in [1.82, 2.24) is 15.1 Å². The number of likely N-dealkylation sites (tertiary alicyclic amines) is 2. The van der Waals surface area contributed by atoms with Crippen molar-refractivity contribution in [2.24, 2.45) is 5.92 Å². The largest absolute Gasteiger partial charge is 0.481 e. The Kier molecular flexibility index (Phi) is 5.44. The van der Waals surface area contributed by atoms with Crippen LogP contribution in [0.3, 0.4) is 0 Å². The first kappa shape index (κ1) is 18.2. The molecule has 7 heteroatoms. The van der Waals surface area contributed by atoms with Crippen LogP contribution < -0.4 is 5.32 Å². The van der Waals surface area contributed by atoms with E-state index in [1.165, 1.54) is 10.5 Å². The zero-order chi connectivity index (χ0) is 18.7. The van der Waals surface area contributed by atoms with Crippen LogP contribution in [0.4, 0.5) is 4.79 Å². The first-order chi connectivity index (χ1) is 12.4. The Balaban J connectivity index is 1.54. The second-order valence-corrected chi connectivity index (χ2v) is 7.16. The summed E-state index contributed by atoms with van der Waals surface area (Å²) in [4.78, 5) is 39.4. The normalized spacial score (nSPS) is 23.2. The highest BCUT2D eigenvalue weighted by atomic mass is 16.4. The van der Waals surface area contributed by atoms with E-state index < -0.39 is 17.9 Å². The fourth-order valence-corrected chi connectivity index (χ4v) is 3.55. The molecule has 2 unspecified atom stereocenters. The Hall–Kier alpha value is -2.57. The van der Waals surface area contributed by atoms with Gasteiger partial charge in [-0.15, -0.1) is 0 Å². The highest BCUT2D eigenvalue weighted by molar-refractivity contribution is 5.88. The molecular formula is C19H25N3O4. The molecular weight excluding hydrogens is 334 g/mol. The second-order valence-electron chi connectivity index (χ2n) is 7.16. The van der Waals surface area contributed by atoms with Gasteiger partial charge < -0.3 is 20.2 Å². The van der Waals surface area contributed by atoms with Crippen LogP contribution in [0.2, 0.25) is 0 Å². The van der Waals surface area contributed by atoms with E-state index in [0.717, 1.165) is 5.56 Å². The van der Waals surface area contributed by atoms with Gasteiger partial charge in [0.05, 0.1) is 5.92 Å². The lowest BCUT2D eigenvalue weighted by atomic mass is 9.99. The fourth-order valence-electron chi connectivity index (χ4n) is 3.55. The summed E-state index contributed by atoms with van der Waals surface area (Å²) >= 11 is 0. The van der Waals surface area contributed by atoms with Gasteiger partial charge >= 0.3 is 12.0 Å². The van der Waals surface area contributed by atoms with Gasteiger partial charge in [-0.05, 0) is 31.7 Å². The van der Waals surface area contributed by atoms with Crippen molar-refractivity contribution in [2.75, 3.05) is 19.6 Å². The van der Waals surface area contributed by atoms with Gasteiger partial charge in [0.2, 0.25) is 5.91 Å². The number of benzene rings is 1. The Morgan fingerprint density at radius 1 is 1.19 bits per heavy atom. The van der Waals surface area contributed by atoms with E-state index >= 15 is 0 Å². The number of carboxylic acid groups (broad SMARTS) is 1. The van der Waals surface area contributed by atoms with Crippen LogP contribution >= 0.6 is 0 Å². The third kappa shape index (κ3) is 4.15. The molecule has 0 saturated carbocycles. The van der Waals surface area contributed by atoms with Crippen molar-refractivity contribution in [1.29, 1.82) is 0 Å². The average molecular weight is 359 g/mol. The zero-order valence-electron chi connectivity index (χ0n) is 15.0. The maximum Gasteiger partial charge on any atom is 0.318 e. The van der Waals surface area contributed by atoms with E-state index in [0.29, 0.717) is 38.9 Å². The van der Waals surface area contributed by atoms with Gasteiger partial charge in [-0.1, -0.05) is 29.8 Å². The van der Waals surface area contributed by atoms with Gasteiger partial charge in [-0.3, -0.25) is 9.59 Å². The van der Waals surface area contributed by atoms with Crippen molar-refractivity contribution < 1.29 is 19.5 Å². The molecule has 2 fully saturated rings. The number of amides is 3. The molecule has 2 N–H and O–H groups in total. The van der Waals surface area contributed by atoms with Crippen LogP contribution in [0.5, 0.6) is 0 Å². The predicted octanol–water partition coefficient (Wildman–Crippen LogP) is 1.60. The fraction of sp³-hybridized carbons (Fsp3) is 0.526. The first-order valence-corrected chi connectivity index (χ1v) is 9.06. The maximum atomic E-state index is 12.6. The van der Waals surface area contributed by atoms with E-state index in [1.807, 2.05) is 31.2 Å². The van der Waals surface area contributed by atoms with Gasteiger partial charge in [0, 0.05) is 26.2 Å². The van der Waals surface area contributed by atoms with Crippen molar-refractivity contribution in [3.8, 4) is 0 Å². The van der Waals surface area contributed by atoms with Gasteiger partial charge in [-0.2, -0.15) is 0 Å². The number of hydrogen-bond acceptors (Lipinski definition) is 3. The van der Waals surface area contributed by atoms with Crippen molar-refractivity contribution >= 4 is 17.9 Å². The summed E-state index contributed by atoms with van der Waals surface area (Å²) in [5.41, 5.74) is 2.24. The number of carbonyl (C=O) groups excluding carboxylic acids is 2. The summed E-state index contributed by atoms with van der Waals surface area (Å²) in [6.07, 6.45) is 1.83. The van der Waals surface area contributed by atoms with E-state index in [1.54, 1.807) is 4.90 Å². The number of hydrogen-bond donors (Lipinski definition) is 2. The van der Waals surface area contributed by atoms with Crippen molar-refractivity contribution in [3.05, 3.63) is 35.4 Å². The number of nitrogens with zero attached hydrogens (tertiary/aromatic N) is 2. The number of aryl methyl sites for hydroxylation is 1. The van der Waals surface area contributed by atoms with Crippen molar-refractivity contribution in [3.63, 3.8) is 0 Å². The number of rotatable bonds is 4. The number of aliphatic carboxylic acids is 1. The van der Waals surface area contributed by atoms with Crippen LogP contribution in [0.25, 0.3) is 0 Å². The molecule has 1 aromatic carbocycles.